The lowest BCUT2D eigenvalue weighted by Gasteiger charge is -2.14. The molecule has 6 heteroatoms. The van der Waals surface area contributed by atoms with Crippen LogP contribution in [0.5, 0.6) is 0 Å². The number of hydrogen-bond donors (Lipinski definition) is 1. The first kappa shape index (κ1) is 14.8. The van der Waals surface area contributed by atoms with Gasteiger partial charge in [0, 0.05) is 18.2 Å². The summed E-state index contributed by atoms with van der Waals surface area (Å²) in [6.07, 6.45) is 1.72. The molecule has 0 amide bonds. The number of ketones is 2. The zero-order valence-electron chi connectivity index (χ0n) is 10.6. The van der Waals surface area contributed by atoms with Gasteiger partial charge in [-0.25, -0.2) is 4.39 Å². The molecular weight excluding hydrogens is 329 g/mol. The summed E-state index contributed by atoms with van der Waals surface area (Å²) >= 11 is 3.04. The molecule has 0 bridgehead atoms. The van der Waals surface area contributed by atoms with E-state index >= 15 is 0 Å². The average molecular weight is 342 g/mol. The van der Waals surface area contributed by atoms with Gasteiger partial charge in [-0.05, 0) is 47.0 Å². The molecule has 1 fully saturated rings. The molecule has 0 radical (unpaired) electrons. The molecule has 1 unspecified atom stereocenters. The number of aldehydes is 1. The lowest BCUT2D eigenvalue weighted by molar-refractivity contribution is -0.137. The Morgan fingerprint density at radius 1 is 1.45 bits per heavy atom. The van der Waals surface area contributed by atoms with Crippen LogP contribution in [0.4, 0.5) is 10.1 Å². The number of anilines is 1. The molecule has 0 spiro atoms. The first-order valence-electron chi connectivity index (χ1n) is 6.24. The smallest absolute Gasteiger partial charge is 0.207 e. The first-order chi connectivity index (χ1) is 9.52. The van der Waals surface area contributed by atoms with Crippen LogP contribution in [0.15, 0.2) is 22.7 Å². The summed E-state index contributed by atoms with van der Waals surface area (Å²) in [6, 6.07) is 4.41. The Morgan fingerprint density at radius 3 is 2.70 bits per heavy atom. The van der Waals surface area contributed by atoms with Gasteiger partial charge in [-0.1, -0.05) is 0 Å². The van der Waals surface area contributed by atoms with Gasteiger partial charge in [0.05, 0.1) is 4.47 Å². The van der Waals surface area contributed by atoms with E-state index in [1.54, 1.807) is 6.07 Å². The number of halogens is 2. The van der Waals surface area contributed by atoms with Crippen LogP contribution < -0.4 is 5.32 Å². The van der Waals surface area contributed by atoms with Crippen LogP contribution in [-0.2, 0) is 14.4 Å². The molecule has 20 heavy (non-hydrogen) atoms. The van der Waals surface area contributed by atoms with Gasteiger partial charge in [0.15, 0.2) is 6.29 Å². The fraction of sp³-hybridized carbons (Fsp3) is 0.357. The molecule has 1 saturated carbocycles. The third-order valence-electron chi connectivity index (χ3n) is 3.21. The third kappa shape index (κ3) is 3.50. The maximum atomic E-state index is 13.3. The van der Waals surface area contributed by atoms with E-state index in [0.717, 1.165) is 12.8 Å². The second kappa shape index (κ2) is 6.26. The van der Waals surface area contributed by atoms with Crippen molar-refractivity contribution in [1.82, 2.24) is 0 Å². The van der Waals surface area contributed by atoms with Crippen molar-refractivity contribution in [2.45, 2.75) is 12.8 Å². The molecule has 1 aliphatic rings. The third-order valence-corrected chi connectivity index (χ3v) is 3.86. The fourth-order valence-electron chi connectivity index (χ4n) is 1.90. The number of carbonyl (C=O) groups excluding carboxylic acids is 3. The number of carbonyl (C=O) groups is 3. The van der Waals surface area contributed by atoms with Gasteiger partial charge in [0.1, 0.15) is 17.5 Å². The van der Waals surface area contributed by atoms with E-state index in [2.05, 4.69) is 21.2 Å². The van der Waals surface area contributed by atoms with Crippen molar-refractivity contribution in [3.05, 3.63) is 28.5 Å². The molecule has 2 rings (SSSR count). The van der Waals surface area contributed by atoms with Gasteiger partial charge in [-0.2, -0.15) is 0 Å². The number of Topliss-reactive ketones (excluding diaryl/α,β-unsaturated/α-hetero) is 2. The highest BCUT2D eigenvalue weighted by Gasteiger charge is 2.37. The summed E-state index contributed by atoms with van der Waals surface area (Å²) in [5.41, 5.74) is 0.456. The summed E-state index contributed by atoms with van der Waals surface area (Å²) in [4.78, 5) is 34.1. The zero-order valence-corrected chi connectivity index (χ0v) is 12.2. The number of benzene rings is 1. The Bertz CT molecular complexity index is 557. The normalized spacial score (nSPS) is 15.5. The Morgan fingerprint density at radius 2 is 2.15 bits per heavy atom. The van der Waals surface area contributed by atoms with E-state index < -0.39 is 17.5 Å². The molecule has 0 saturated heterocycles. The van der Waals surface area contributed by atoms with Crippen molar-refractivity contribution in [2.75, 3.05) is 11.9 Å². The van der Waals surface area contributed by atoms with Crippen LogP contribution in [0, 0.1) is 17.7 Å². The minimum Gasteiger partial charge on any atom is -0.384 e. The Balaban J connectivity index is 2.04. The summed E-state index contributed by atoms with van der Waals surface area (Å²) in [5.74, 6) is -2.46. The van der Waals surface area contributed by atoms with Gasteiger partial charge in [-0.3, -0.25) is 14.4 Å². The van der Waals surface area contributed by atoms with Crippen molar-refractivity contribution in [3.8, 4) is 0 Å². The largest absolute Gasteiger partial charge is 0.384 e. The van der Waals surface area contributed by atoms with E-state index in [9.17, 15) is 18.8 Å². The summed E-state index contributed by atoms with van der Waals surface area (Å²) < 4.78 is 13.7. The molecular formula is C14H13BrFNO3. The van der Waals surface area contributed by atoms with Crippen LogP contribution >= 0.6 is 15.9 Å². The van der Waals surface area contributed by atoms with E-state index in [0.29, 0.717) is 10.2 Å². The Kier molecular flexibility index (Phi) is 4.65. The molecule has 1 atom stereocenters. The van der Waals surface area contributed by atoms with Gasteiger partial charge >= 0.3 is 0 Å². The molecule has 4 nitrogen and oxygen atoms in total. The molecule has 0 aromatic heterocycles. The quantitative estimate of drug-likeness (QED) is 0.469. The molecule has 0 heterocycles. The van der Waals surface area contributed by atoms with E-state index in [-0.39, 0.29) is 24.5 Å². The van der Waals surface area contributed by atoms with Crippen LogP contribution in [0.25, 0.3) is 0 Å². The maximum absolute atomic E-state index is 13.3. The van der Waals surface area contributed by atoms with Crippen LogP contribution in [0.1, 0.15) is 12.8 Å². The number of hydrogen-bond acceptors (Lipinski definition) is 4. The van der Waals surface area contributed by atoms with Crippen molar-refractivity contribution in [3.63, 3.8) is 0 Å². The van der Waals surface area contributed by atoms with Crippen molar-refractivity contribution < 1.29 is 18.8 Å². The number of rotatable bonds is 7. The molecule has 0 aliphatic heterocycles. The molecule has 1 N–H and O–H groups in total. The fourth-order valence-corrected chi connectivity index (χ4v) is 2.15. The Labute approximate surface area is 123 Å². The van der Waals surface area contributed by atoms with Gasteiger partial charge in [0.2, 0.25) is 5.78 Å². The molecule has 1 aromatic rings. The SMILES string of the molecule is O=CC(=O)C(CNc1ccc(Br)c(F)c1)C(=O)C1CC1. The van der Waals surface area contributed by atoms with Gasteiger partial charge in [-0.15, -0.1) is 0 Å². The second-order valence-electron chi connectivity index (χ2n) is 4.76. The molecule has 1 aliphatic carbocycles. The van der Waals surface area contributed by atoms with Crippen molar-refractivity contribution >= 4 is 39.5 Å². The highest BCUT2D eigenvalue weighted by Crippen LogP contribution is 2.32. The summed E-state index contributed by atoms with van der Waals surface area (Å²) in [7, 11) is 0. The van der Waals surface area contributed by atoms with Crippen LogP contribution in [0.2, 0.25) is 0 Å². The summed E-state index contributed by atoms with van der Waals surface area (Å²) in [5, 5.41) is 2.83. The first-order valence-corrected chi connectivity index (χ1v) is 7.04. The molecule has 1 aromatic carbocycles. The second-order valence-corrected chi connectivity index (χ2v) is 5.61. The van der Waals surface area contributed by atoms with Gasteiger partial charge < -0.3 is 5.32 Å². The van der Waals surface area contributed by atoms with Crippen LogP contribution in [-0.4, -0.2) is 24.4 Å². The van der Waals surface area contributed by atoms with Crippen molar-refractivity contribution in [1.29, 1.82) is 0 Å². The predicted molar refractivity (Wildman–Crippen MR) is 74.9 cm³/mol. The minimum absolute atomic E-state index is 0.00792. The topological polar surface area (TPSA) is 63.2 Å². The Hall–Kier alpha value is -1.56. The standard InChI is InChI=1S/C14H13BrFNO3/c15-11-4-3-9(5-12(11)16)17-6-10(13(19)7-18)14(20)8-1-2-8/h3-5,7-8,10,17H,1-2,6H2. The van der Waals surface area contributed by atoms with Gasteiger partial charge in [0.25, 0.3) is 0 Å². The van der Waals surface area contributed by atoms with Crippen molar-refractivity contribution in [2.24, 2.45) is 11.8 Å². The highest BCUT2D eigenvalue weighted by molar-refractivity contribution is 9.10. The predicted octanol–water partition coefficient (Wildman–Crippen LogP) is 2.36. The lowest BCUT2D eigenvalue weighted by Crippen LogP contribution is -2.32. The monoisotopic (exact) mass is 341 g/mol. The van der Waals surface area contributed by atoms with E-state index in [1.807, 2.05) is 0 Å². The van der Waals surface area contributed by atoms with E-state index in [1.165, 1.54) is 12.1 Å². The minimum atomic E-state index is -0.980. The van der Waals surface area contributed by atoms with E-state index in [4.69, 9.17) is 0 Å². The average Bonchev–Trinajstić information content (AvgIpc) is 3.26. The molecule has 106 valence electrons. The summed E-state index contributed by atoms with van der Waals surface area (Å²) in [6.45, 7) is 0.00792. The number of nitrogens with one attached hydrogen (secondary N) is 1. The highest BCUT2D eigenvalue weighted by atomic mass is 79.9. The maximum Gasteiger partial charge on any atom is 0.207 e. The lowest BCUT2D eigenvalue weighted by atomic mass is 9.96. The van der Waals surface area contributed by atoms with Crippen LogP contribution in [0.3, 0.4) is 0 Å². The zero-order chi connectivity index (χ0) is 14.7.